The van der Waals surface area contributed by atoms with E-state index in [-0.39, 0.29) is 6.61 Å². The van der Waals surface area contributed by atoms with Crippen LogP contribution in [-0.2, 0) is 4.79 Å². The molecule has 1 atom stereocenters. The molecule has 21 heavy (non-hydrogen) atoms. The number of amides is 1. The van der Waals surface area contributed by atoms with Crippen molar-refractivity contribution in [3.8, 4) is 5.75 Å². The van der Waals surface area contributed by atoms with Crippen LogP contribution in [0, 0.1) is 0 Å². The Bertz CT molecular complexity index is 598. The number of para-hydroxylation sites is 1. The van der Waals surface area contributed by atoms with Crippen LogP contribution in [0.1, 0.15) is 10.4 Å². The number of carbonyl (C=O) groups is 2. The fourth-order valence-corrected chi connectivity index (χ4v) is 1.70. The van der Waals surface area contributed by atoms with Crippen LogP contribution >= 0.6 is 0 Å². The minimum atomic E-state index is -1.14. The number of hydrogen-bond acceptors (Lipinski definition) is 3. The molecule has 2 N–H and O–H groups in total. The molecular weight excluding hydrogens is 270 g/mol. The minimum absolute atomic E-state index is 0.141. The van der Waals surface area contributed by atoms with Gasteiger partial charge in [0.05, 0.1) is 0 Å². The monoisotopic (exact) mass is 285 g/mol. The van der Waals surface area contributed by atoms with Crippen molar-refractivity contribution < 1.29 is 19.4 Å². The highest BCUT2D eigenvalue weighted by Gasteiger charge is 2.21. The molecule has 2 aromatic carbocycles. The predicted octanol–water partition coefficient (Wildman–Crippen LogP) is 1.95. The highest BCUT2D eigenvalue weighted by molar-refractivity contribution is 5.96. The van der Waals surface area contributed by atoms with Crippen LogP contribution in [0.3, 0.4) is 0 Å². The van der Waals surface area contributed by atoms with Gasteiger partial charge in [0.15, 0.2) is 6.04 Å². The molecule has 2 aromatic rings. The normalized spacial score (nSPS) is 11.4. The summed E-state index contributed by atoms with van der Waals surface area (Å²) in [5, 5.41) is 11.6. The van der Waals surface area contributed by atoms with Crippen molar-refractivity contribution >= 4 is 11.9 Å². The van der Waals surface area contributed by atoms with Crippen LogP contribution in [0.2, 0.25) is 0 Å². The van der Waals surface area contributed by atoms with Gasteiger partial charge in [-0.05, 0) is 24.3 Å². The van der Waals surface area contributed by atoms with Gasteiger partial charge >= 0.3 is 5.97 Å². The average molecular weight is 285 g/mol. The van der Waals surface area contributed by atoms with E-state index in [1.54, 1.807) is 54.6 Å². The predicted molar refractivity (Wildman–Crippen MR) is 77.3 cm³/mol. The van der Waals surface area contributed by atoms with Crippen molar-refractivity contribution in [2.45, 2.75) is 6.04 Å². The average Bonchev–Trinajstić information content (AvgIpc) is 2.52. The lowest BCUT2D eigenvalue weighted by Crippen LogP contribution is -2.44. The SMILES string of the molecule is O=C(N[C@@H](COc1ccccc1)C(=O)O)c1ccccc1. The Labute approximate surface area is 122 Å². The van der Waals surface area contributed by atoms with E-state index in [9.17, 15) is 9.59 Å². The second-order valence-corrected chi connectivity index (χ2v) is 4.35. The third kappa shape index (κ3) is 4.35. The summed E-state index contributed by atoms with van der Waals surface area (Å²) in [7, 11) is 0. The number of benzene rings is 2. The van der Waals surface area contributed by atoms with Gasteiger partial charge in [0, 0.05) is 5.56 Å². The standard InChI is InChI=1S/C16H15NO4/c18-15(12-7-3-1-4-8-12)17-14(16(19)20)11-21-13-9-5-2-6-10-13/h1-10,14H,11H2,(H,17,18)(H,19,20)/t14-/m0/s1. The van der Waals surface area contributed by atoms with Gasteiger partial charge in [-0.1, -0.05) is 36.4 Å². The van der Waals surface area contributed by atoms with Gasteiger partial charge in [-0.2, -0.15) is 0 Å². The molecule has 0 aliphatic rings. The molecule has 0 bridgehead atoms. The Balaban J connectivity index is 1.96. The zero-order valence-corrected chi connectivity index (χ0v) is 11.2. The van der Waals surface area contributed by atoms with Crippen molar-refractivity contribution in [2.75, 3.05) is 6.61 Å². The molecule has 0 spiro atoms. The number of ether oxygens (including phenoxy) is 1. The lowest BCUT2D eigenvalue weighted by Gasteiger charge is -2.15. The molecule has 5 nitrogen and oxygen atoms in total. The summed E-state index contributed by atoms with van der Waals surface area (Å²) in [4.78, 5) is 23.1. The zero-order chi connectivity index (χ0) is 15.1. The first kappa shape index (κ1) is 14.6. The lowest BCUT2D eigenvalue weighted by molar-refractivity contribution is -0.140. The summed E-state index contributed by atoms with van der Waals surface area (Å²) in [6.07, 6.45) is 0. The van der Waals surface area contributed by atoms with E-state index in [2.05, 4.69) is 5.32 Å². The fraction of sp³-hybridized carbons (Fsp3) is 0.125. The summed E-state index contributed by atoms with van der Waals surface area (Å²) in [6.45, 7) is -0.141. The van der Waals surface area contributed by atoms with Crippen LogP contribution in [0.4, 0.5) is 0 Å². The number of carbonyl (C=O) groups excluding carboxylic acids is 1. The van der Waals surface area contributed by atoms with Gasteiger partial charge in [0.1, 0.15) is 12.4 Å². The fourth-order valence-electron chi connectivity index (χ4n) is 1.70. The molecule has 2 rings (SSSR count). The van der Waals surface area contributed by atoms with Gasteiger partial charge in [0.2, 0.25) is 0 Å². The molecule has 0 aliphatic heterocycles. The number of rotatable bonds is 6. The quantitative estimate of drug-likeness (QED) is 0.850. The van der Waals surface area contributed by atoms with Gasteiger partial charge in [0.25, 0.3) is 5.91 Å². The Morgan fingerprint density at radius 2 is 1.57 bits per heavy atom. The summed E-state index contributed by atoms with van der Waals surface area (Å²) >= 11 is 0. The molecule has 108 valence electrons. The summed E-state index contributed by atoms with van der Waals surface area (Å²) < 4.78 is 5.37. The smallest absolute Gasteiger partial charge is 0.329 e. The van der Waals surface area contributed by atoms with Crippen molar-refractivity contribution in [3.05, 3.63) is 66.2 Å². The van der Waals surface area contributed by atoms with E-state index in [1.807, 2.05) is 6.07 Å². The molecule has 0 saturated heterocycles. The largest absolute Gasteiger partial charge is 0.491 e. The number of carboxylic acid groups (broad SMARTS) is 1. The Morgan fingerprint density at radius 1 is 1.00 bits per heavy atom. The van der Waals surface area contributed by atoms with Crippen molar-refractivity contribution in [2.24, 2.45) is 0 Å². The third-order valence-electron chi connectivity index (χ3n) is 2.80. The van der Waals surface area contributed by atoms with Gasteiger partial charge in [-0.3, -0.25) is 4.79 Å². The highest BCUT2D eigenvalue weighted by Crippen LogP contribution is 2.09. The van der Waals surface area contributed by atoms with E-state index in [4.69, 9.17) is 9.84 Å². The first-order valence-electron chi connectivity index (χ1n) is 6.43. The van der Waals surface area contributed by atoms with Crippen LogP contribution < -0.4 is 10.1 Å². The Morgan fingerprint density at radius 3 is 2.14 bits per heavy atom. The molecule has 0 saturated carbocycles. The number of hydrogen-bond donors (Lipinski definition) is 2. The van der Waals surface area contributed by atoms with Crippen LogP contribution in [-0.4, -0.2) is 29.6 Å². The first-order chi connectivity index (χ1) is 10.2. The second-order valence-electron chi connectivity index (χ2n) is 4.35. The lowest BCUT2D eigenvalue weighted by atomic mass is 10.2. The summed E-state index contributed by atoms with van der Waals surface area (Å²) in [6, 6.07) is 16.2. The number of nitrogens with one attached hydrogen (secondary N) is 1. The topological polar surface area (TPSA) is 75.6 Å². The third-order valence-corrected chi connectivity index (χ3v) is 2.80. The first-order valence-corrected chi connectivity index (χ1v) is 6.43. The maximum absolute atomic E-state index is 11.9. The molecule has 0 unspecified atom stereocenters. The van der Waals surface area contributed by atoms with Crippen LogP contribution in [0.5, 0.6) is 5.75 Å². The van der Waals surface area contributed by atoms with E-state index >= 15 is 0 Å². The molecule has 0 aromatic heterocycles. The number of carboxylic acids is 1. The van der Waals surface area contributed by atoms with E-state index < -0.39 is 17.9 Å². The Hall–Kier alpha value is -2.82. The summed E-state index contributed by atoms with van der Waals surface area (Å²) in [5.74, 6) is -1.03. The van der Waals surface area contributed by atoms with Gasteiger partial charge in [-0.15, -0.1) is 0 Å². The maximum Gasteiger partial charge on any atom is 0.329 e. The van der Waals surface area contributed by atoms with Crippen LogP contribution in [0.25, 0.3) is 0 Å². The van der Waals surface area contributed by atoms with Crippen LogP contribution in [0.15, 0.2) is 60.7 Å². The molecular formula is C16H15NO4. The van der Waals surface area contributed by atoms with E-state index in [0.29, 0.717) is 11.3 Å². The second kappa shape index (κ2) is 7.09. The van der Waals surface area contributed by atoms with E-state index in [1.165, 1.54) is 0 Å². The van der Waals surface area contributed by atoms with Crippen molar-refractivity contribution in [1.29, 1.82) is 0 Å². The van der Waals surface area contributed by atoms with E-state index in [0.717, 1.165) is 0 Å². The minimum Gasteiger partial charge on any atom is -0.491 e. The maximum atomic E-state index is 11.9. The molecule has 0 aliphatic carbocycles. The van der Waals surface area contributed by atoms with Gasteiger partial charge < -0.3 is 15.2 Å². The molecule has 1 amide bonds. The highest BCUT2D eigenvalue weighted by atomic mass is 16.5. The molecule has 0 heterocycles. The van der Waals surface area contributed by atoms with Crippen molar-refractivity contribution in [1.82, 2.24) is 5.32 Å². The van der Waals surface area contributed by atoms with Gasteiger partial charge in [-0.25, -0.2) is 4.79 Å². The molecule has 0 fully saturated rings. The summed E-state index contributed by atoms with van der Waals surface area (Å²) in [5.41, 5.74) is 0.406. The number of aliphatic carboxylic acids is 1. The molecule has 5 heteroatoms. The Kier molecular flexibility index (Phi) is 4.93. The zero-order valence-electron chi connectivity index (χ0n) is 11.2. The molecule has 0 radical (unpaired) electrons. The van der Waals surface area contributed by atoms with Crippen molar-refractivity contribution in [3.63, 3.8) is 0 Å².